The van der Waals surface area contributed by atoms with Crippen molar-refractivity contribution in [3.05, 3.63) is 46.2 Å². The summed E-state index contributed by atoms with van der Waals surface area (Å²) in [6.45, 7) is 1.60. The molecule has 0 aliphatic carbocycles. The molecule has 2 aromatic rings. The summed E-state index contributed by atoms with van der Waals surface area (Å²) in [5.74, 6) is 0. The zero-order valence-corrected chi connectivity index (χ0v) is 8.77. The van der Waals surface area contributed by atoms with Crippen LogP contribution in [0.4, 0.5) is 0 Å². The van der Waals surface area contributed by atoms with E-state index >= 15 is 0 Å². The Morgan fingerprint density at radius 3 is 2.67 bits per heavy atom. The number of aliphatic hydroxyl groups excluding tert-OH is 1. The Balaban J connectivity index is 2.89. The molecular weight excluding hydrogens is 190 g/mol. The van der Waals surface area contributed by atoms with Gasteiger partial charge < -0.3 is 9.67 Å². The minimum Gasteiger partial charge on any atom is -0.388 e. The first-order valence-corrected chi connectivity index (χ1v) is 4.88. The fourth-order valence-corrected chi connectivity index (χ4v) is 1.75. The molecule has 3 heteroatoms. The zero-order valence-electron chi connectivity index (χ0n) is 8.77. The first kappa shape index (κ1) is 9.93. The van der Waals surface area contributed by atoms with Crippen LogP contribution in [0.25, 0.3) is 10.9 Å². The average Bonchev–Trinajstić information content (AvgIpc) is 2.23. The Morgan fingerprint density at radius 1 is 1.33 bits per heavy atom. The molecule has 0 aliphatic heterocycles. The Bertz CT molecular complexity index is 555. The number of aryl methyl sites for hydroxylation is 1. The van der Waals surface area contributed by atoms with Crippen molar-refractivity contribution in [3.63, 3.8) is 0 Å². The van der Waals surface area contributed by atoms with Crippen LogP contribution in [0.15, 0.2) is 35.1 Å². The SMILES string of the molecule is CC(O)c1cc2ccccc2n(C)c1=O. The monoisotopic (exact) mass is 203 g/mol. The van der Waals surface area contributed by atoms with Gasteiger partial charge >= 0.3 is 0 Å². The summed E-state index contributed by atoms with van der Waals surface area (Å²) in [7, 11) is 1.72. The van der Waals surface area contributed by atoms with Crippen LogP contribution in [0.1, 0.15) is 18.6 Å². The van der Waals surface area contributed by atoms with Crippen LogP contribution in [0.3, 0.4) is 0 Å². The maximum atomic E-state index is 11.8. The van der Waals surface area contributed by atoms with Gasteiger partial charge in [-0.1, -0.05) is 18.2 Å². The van der Waals surface area contributed by atoms with Crippen LogP contribution in [0, 0.1) is 0 Å². The molecule has 0 amide bonds. The Hall–Kier alpha value is -1.61. The summed E-state index contributed by atoms with van der Waals surface area (Å²) in [5.41, 5.74) is 1.19. The fourth-order valence-electron chi connectivity index (χ4n) is 1.75. The van der Waals surface area contributed by atoms with Crippen molar-refractivity contribution >= 4 is 10.9 Å². The van der Waals surface area contributed by atoms with E-state index in [1.165, 1.54) is 0 Å². The van der Waals surface area contributed by atoms with Gasteiger partial charge in [0, 0.05) is 12.6 Å². The normalized spacial score (nSPS) is 13.0. The minimum absolute atomic E-state index is 0.135. The molecule has 2 rings (SSSR count). The summed E-state index contributed by atoms with van der Waals surface area (Å²) in [5, 5.41) is 10.4. The van der Waals surface area contributed by atoms with Crippen molar-refractivity contribution in [2.45, 2.75) is 13.0 Å². The van der Waals surface area contributed by atoms with E-state index in [9.17, 15) is 9.90 Å². The molecule has 1 heterocycles. The van der Waals surface area contributed by atoms with E-state index in [-0.39, 0.29) is 5.56 Å². The van der Waals surface area contributed by atoms with Gasteiger partial charge in [-0.2, -0.15) is 0 Å². The number of para-hydroxylation sites is 1. The molecule has 0 aliphatic rings. The minimum atomic E-state index is -0.728. The largest absolute Gasteiger partial charge is 0.388 e. The molecule has 78 valence electrons. The molecule has 0 radical (unpaired) electrons. The van der Waals surface area contributed by atoms with Crippen LogP contribution >= 0.6 is 0 Å². The highest BCUT2D eigenvalue weighted by molar-refractivity contribution is 5.79. The predicted molar refractivity (Wildman–Crippen MR) is 59.8 cm³/mol. The maximum Gasteiger partial charge on any atom is 0.256 e. The van der Waals surface area contributed by atoms with Crippen LogP contribution in [-0.4, -0.2) is 9.67 Å². The second kappa shape index (κ2) is 3.51. The topological polar surface area (TPSA) is 42.2 Å². The summed E-state index contributed by atoms with van der Waals surface area (Å²) in [4.78, 5) is 11.8. The van der Waals surface area contributed by atoms with Gasteiger partial charge in [0.05, 0.1) is 11.6 Å². The van der Waals surface area contributed by atoms with Crippen LogP contribution < -0.4 is 5.56 Å². The average molecular weight is 203 g/mol. The molecule has 1 atom stereocenters. The first-order chi connectivity index (χ1) is 7.11. The van der Waals surface area contributed by atoms with Gasteiger partial charge in [0.1, 0.15) is 0 Å². The third-order valence-electron chi connectivity index (χ3n) is 2.61. The van der Waals surface area contributed by atoms with E-state index in [2.05, 4.69) is 0 Å². The third-order valence-corrected chi connectivity index (χ3v) is 2.61. The Kier molecular flexibility index (Phi) is 2.32. The highest BCUT2D eigenvalue weighted by atomic mass is 16.3. The summed E-state index contributed by atoms with van der Waals surface area (Å²) < 4.78 is 1.57. The van der Waals surface area contributed by atoms with Gasteiger partial charge in [-0.25, -0.2) is 0 Å². The summed E-state index contributed by atoms with van der Waals surface area (Å²) >= 11 is 0. The molecule has 0 saturated carbocycles. The van der Waals surface area contributed by atoms with E-state index < -0.39 is 6.10 Å². The number of hydrogen-bond acceptors (Lipinski definition) is 2. The molecule has 3 nitrogen and oxygen atoms in total. The lowest BCUT2D eigenvalue weighted by molar-refractivity contribution is 0.197. The molecule has 1 aromatic heterocycles. The highest BCUT2D eigenvalue weighted by Gasteiger charge is 2.09. The van der Waals surface area contributed by atoms with Gasteiger partial charge in [-0.3, -0.25) is 4.79 Å². The van der Waals surface area contributed by atoms with Gasteiger partial charge in [0.25, 0.3) is 5.56 Å². The molecule has 0 bridgehead atoms. The van der Waals surface area contributed by atoms with Gasteiger partial charge in [-0.05, 0) is 24.4 Å². The number of aromatic nitrogens is 1. The van der Waals surface area contributed by atoms with E-state index in [1.54, 1.807) is 24.6 Å². The number of pyridine rings is 1. The third kappa shape index (κ3) is 1.55. The van der Waals surface area contributed by atoms with Gasteiger partial charge in [0.15, 0.2) is 0 Å². The lowest BCUT2D eigenvalue weighted by atomic mass is 10.1. The quantitative estimate of drug-likeness (QED) is 0.764. The lowest BCUT2D eigenvalue weighted by Gasteiger charge is -2.09. The van der Waals surface area contributed by atoms with Crippen molar-refractivity contribution in [2.24, 2.45) is 7.05 Å². The van der Waals surface area contributed by atoms with Crippen molar-refractivity contribution in [1.29, 1.82) is 0 Å². The first-order valence-electron chi connectivity index (χ1n) is 4.88. The Labute approximate surface area is 87.6 Å². The van der Waals surface area contributed by atoms with Gasteiger partial charge in [0.2, 0.25) is 0 Å². The molecule has 0 saturated heterocycles. The van der Waals surface area contributed by atoms with E-state index in [0.29, 0.717) is 5.56 Å². The molecular formula is C12H13NO2. The second-order valence-electron chi connectivity index (χ2n) is 3.70. The molecule has 0 fully saturated rings. The van der Waals surface area contributed by atoms with Crippen molar-refractivity contribution in [2.75, 3.05) is 0 Å². The van der Waals surface area contributed by atoms with Crippen molar-refractivity contribution in [3.8, 4) is 0 Å². The van der Waals surface area contributed by atoms with E-state index in [4.69, 9.17) is 0 Å². The lowest BCUT2D eigenvalue weighted by Crippen LogP contribution is -2.22. The van der Waals surface area contributed by atoms with Crippen LogP contribution in [0.5, 0.6) is 0 Å². The number of aliphatic hydroxyl groups is 1. The smallest absolute Gasteiger partial charge is 0.256 e. The van der Waals surface area contributed by atoms with Crippen molar-refractivity contribution < 1.29 is 5.11 Å². The maximum absolute atomic E-state index is 11.8. The van der Waals surface area contributed by atoms with Crippen LogP contribution in [-0.2, 0) is 7.05 Å². The summed E-state index contributed by atoms with van der Waals surface area (Å²) in [6, 6.07) is 9.38. The second-order valence-corrected chi connectivity index (χ2v) is 3.70. The Morgan fingerprint density at radius 2 is 2.00 bits per heavy atom. The van der Waals surface area contributed by atoms with E-state index in [1.807, 2.05) is 24.3 Å². The number of fused-ring (bicyclic) bond motifs is 1. The molecule has 1 N–H and O–H groups in total. The van der Waals surface area contributed by atoms with Gasteiger partial charge in [-0.15, -0.1) is 0 Å². The zero-order chi connectivity index (χ0) is 11.0. The standard InChI is InChI=1S/C12H13NO2/c1-8(14)10-7-9-5-3-4-6-11(9)13(2)12(10)15/h3-8,14H,1-2H3. The molecule has 15 heavy (non-hydrogen) atoms. The van der Waals surface area contributed by atoms with Crippen molar-refractivity contribution in [1.82, 2.24) is 4.57 Å². The molecule has 1 aromatic carbocycles. The van der Waals surface area contributed by atoms with Crippen LogP contribution in [0.2, 0.25) is 0 Å². The number of benzene rings is 1. The molecule has 1 unspecified atom stereocenters. The number of rotatable bonds is 1. The highest BCUT2D eigenvalue weighted by Crippen LogP contribution is 2.15. The van der Waals surface area contributed by atoms with E-state index in [0.717, 1.165) is 10.9 Å². The fraction of sp³-hybridized carbons (Fsp3) is 0.250. The number of hydrogen-bond donors (Lipinski definition) is 1. The predicted octanol–water partition coefficient (Wildman–Crippen LogP) is 1.59. The number of nitrogens with zero attached hydrogens (tertiary/aromatic N) is 1. The summed E-state index contributed by atoms with van der Waals surface area (Å²) in [6.07, 6.45) is -0.728. The molecule has 0 spiro atoms.